The molecule has 2 aromatic rings. The first kappa shape index (κ1) is 13.8. The zero-order valence-corrected chi connectivity index (χ0v) is 13.1. The molecule has 1 aromatic heterocycles. The van der Waals surface area contributed by atoms with Gasteiger partial charge in [-0.05, 0) is 37.1 Å². The number of aryl methyl sites for hydroxylation is 1. The van der Waals surface area contributed by atoms with Gasteiger partial charge in [-0.25, -0.2) is 0 Å². The van der Waals surface area contributed by atoms with Gasteiger partial charge in [0.25, 0.3) is 0 Å². The third kappa shape index (κ3) is 3.44. The number of hydrogen-bond acceptors (Lipinski definition) is 2. The smallest absolute Gasteiger partial charge is 0.0306 e. The second-order valence-corrected chi connectivity index (χ2v) is 6.45. The lowest BCUT2D eigenvalue weighted by molar-refractivity contribution is 0.577. The second-order valence-electron chi connectivity index (χ2n) is 4.35. The van der Waals surface area contributed by atoms with Crippen LogP contribution in [0.25, 0.3) is 0 Å². The lowest BCUT2D eigenvalue weighted by atomic mass is 10.1. The molecule has 0 spiro atoms. The van der Waals surface area contributed by atoms with Crippen molar-refractivity contribution in [1.29, 1.82) is 0 Å². The van der Waals surface area contributed by atoms with Crippen LogP contribution in [-0.2, 0) is 13.0 Å². The summed E-state index contributed by atoms with van der Waals surface area (Å²) in [6.07, 6.45) is 1.13. The molecule has 0 fully saturated rings. The van der Waals surface area contributed by atoms with Crippen LogP contribution in [0.5, 0.6) is 0 Å². The number of halogens is 1. The third-order valence-corrected chi connectivity index (χ3v) is 4.97. The number of rotatable bonds is 5. The molecule has 18 heavy (non-hydrogen) atoms. The molecule has 1 aromatic carbocycles. The lowest BCUT2D eigenvalue weighted by Crippen LogP contribution is -2.17. The van der Waals surface area contributed by atoms with Crippen LogP contribution < -0.4 is 5.32 Å². The van der Waals surface area contributed by atoms with Gasteiger partial charge in [0.2, 0.25) is 0 Å². The molecule has 0 bridgehead atoms. The minimum absolute atomic E-state index is 0.354. The Hall–Kier alpha value is -0.640. The van der Waals surface area contributed by atoms with E-state index in [1.54, 1.807) is 0 Å². The van der Waals surface area contributed by atoms with Crippen LogP contribution in [0.15, 0.2) is 40.9 Å². The summed E-state index contributed by atoms with van der Waals surface area (Å²) in [5.74, 6) is 0. The van der Waals surface area contributed by atoms with E-state index in [0.29, 0.717) is 6.04 Å². The zero-order valence-electron chi connectivity index (χ0n) is 10.7. The highest BCUT2D eigenvalue weighted by Crippen LogP contribution is 2.24. The molecule has 0 amide bonds. The maximum atomic E-state index is 3.60. The van der Waals surface area contributed by atoms with Crippen LogP contribution in [0.2, 0.25) is 0 Å². The largest absolute Gasteiger partial charge is 0.305 e. The molecule has 0 aliphatic rings. The highest BCUT2D eigenvalue weighted by Gasteiger charge is 2.08. The molecule has 0 unspecified atom stereocenters. The van der Waals surface area contributed by atoms with Crippen molar-refractivity contribution in [2.45, 2.75) is 32.9 Å². The molecule has 1 heterocycles. The summed E-state index contributed by atoms with van der Waals surface area (Å²) < 4.78 is 1.17. The molecule has 0 aliphatic carbocycles. The molecule has 0 saturated carbocycles. The molecule has 2 rings (SSSR count). The van der Waals surface area contributed by atoms with Crippen molar-refractivity contribution < 1.29 is 0 Å². The minimum Gasteiger partial charge on any atom is -0.305 e. The maximum Gasteiger partial charge on any atom is 0.0306 e. The standard InChI is InChI=1S/C15H18BrNS/c1-3-12-8-9-13(18-12)10-17-11(2)14-6-4-5-7-15(14)16/h4-9,11,17H,3,10H2,1-2H3/t11-/m0/s1. The lowest BCUT2D eigenvalue weighted by Gasteiger charge is -2.15. The number of benzene rings is 1. The van der Waals surface area contributed by atoms with Crippen molar-refractivity contribution in [3.63, 3.8) is 0 Å². The van der Waals surface area contributed by atoms with E-state index in [1.807, 2.05) is 17.4 Å². The average Bonchev–Trinajstić information content (AvgIpc) is 2.84. The van der Waals surface area contributed by atoms with E-state index in [0.717, 1.165) is 13.0 Å². The van der Waals surface area contributed by atoms with Gasteiger partial charge in [-0.3, -0.25) is 0 Å². The molecule has 1 nitrogen and oxygen atoms in total. The maximum absolute atomic E-state index is 3.60. The van der Waals surface area contributed by atoms with Crippen LogP contribution in [0.4, 0.5) is 0 Å². The SMILES string of the molecule is CCc1ccc(CN[C@@H](C)c2ccccc2Br)s1. The van der Waals surface area contributed by atoms with Crippen LogP contribution in [-0.4, -0.2) is 0 Å². The number of nitrogens with one attached hydrogen (secondary N) is 1. The van der Waals surface area contributed by atoms with Gasteiger partial charge in [-0.15, -0.1) is 11.3 Å². The molecule has 3 heteroatoms. The first-order valence-corrected chi connectivity index (χ1v) is 7.87. The van der Waals surface area contributed by atoms with Gasteiger partial charge in [0.1, 0.15) is 0 Å². The fraction of sp³-hybridized carbons (Fsp3) is 0.333. The molecule has 0 radical (unpaired) electrons. The number of hydrogen-bond donors (Lipinski definition) is 1. The summed E-state index contributed by atoms with van der Waals surface area (Å²) in [4.78, 5) is 2.87. The highest BCUT2D eigenvalue weighted by atomic mass is 79.9. The summed E-state index contributed by atoms with van der Waals surface area (Å²) in [5, 5.41) is 3.57. The van der Waals surface area contributed by atoms with E-state index in [4.69, 9.17) is 0 Å². The van der Waals surface area contributed by atoms with Crippen LogP contribution in [0.3, 0.4) is 0 Å². The monoisotopic (exact) mass is 323 g/mol. The van der Waals surface area contributed by atoms with Gasteiger partial charge in [0, 0.05) is 26.8 Å². The van der Waals surface area contributed by atoms with E-state index >= 15 is 0 Å². The quantitative estimate of drug-likeness (QED) is 0.823. The molecule has 1 N–H and O–H groups in total. The Labute approximate surface area is 121 Å². The van der Waals surface area contributed by atoms with Gasteiger partial charge >= 0.3 is 0 Å². The predicted molar refractivity (Wildman–Crippen MR) is 83.1 cm³/mol. The molecular formula is C15H18BrNS. The Morgan fingerprint density at radius 3 is 2.56 bits per heavy atom. The van der Waals surface area contributed by atoms with Crippen molar-refractivity contribution in [2.24, 2.45) is 0 Å². The molecule has 0 aliphatic heterocycles. The fourth-order valence-electron chi connectivity index (χ4n) is 1.90. The van der Waals surface area contributed by atoms with E-state index in [1.165, 1.54) is 19.8 Å². The Kier molecular flexibility index (Phi) is 4.98. The zero-order chi connectivity index (χ0) is 13.0. The highest BCUT2D eigenvalue weighted by molar-refractivity contribution is 9.10. The summed E-state index contributed by atoms with van der Waals surface area (Å²) in [5.41, 5.74) is 1.31. The van der Waals surface area contributed by atoms with Gasteiger partial charge < -0.3 is 5.32 Å². The second kappa shape index (κ2) is 6.50. The van der Waals surface area contributed by atoms with Gasteiger partial charge in [-0.2, -0.15) is 0 Å². The fourth-order valence-corrected chi connectivity index (χ4v) is 3.43. The Morgan fingerprint density at radius 1 is 1.17 bits per heavy atom. The van der Waals surface area contributed by atoms with E-state index in [2.05, 4.69) is 65.4 Å². The molecule has 0 saturated heterocycles. The summed E-state index contributed by atoms with van der Waals surface area (Å²) in [7, 11) is 0. The third-order valence-electron chi connectivity index (χ3n) is 3.02. The van der Waals surface area contributed by atoms with E-state index in [-0.39, 0.29) is 0 Å². The molecule has 96 valence electrons. The van der Waals surface area contributed by atoms with Gasteiger partial charge in [-0.1, -0.05) is 41.1 Å². The summed E-state index contributed by atoms with van der Waals surface area (Å²) in [6, 6.07) is 13.2. The Balaban J connectivity index is 1.96. The van der Waals surface area contributed by atoms with E-state index < -0.39 is 0 Å². The van der Waals surface area contributed by atoms with Gasteiger partial charge in [0.15, 0.2) is 0 Å². The van der Waals surface area contributed by atoms with Crippen molar-refractivity contribution in [1.82, 2.24) is 5.32 Å². The van der Waals surface area contributed by atoms with Crippen LogP contribution in [0, 0.1) is 0 Å². The average molecular weight is 324 g/mol. The van der Waals surface area contributed by atoms with Crippen molar-refractivity contribution in [2.75, 3.05) is 0 Å². The Bertz CT molecular complexity index is 507. The van der Waals surface area contributed by atoms with Crippen molar-refractivity contribution >= 4 is 27.3 Å². The van der Waals surface area contributed by atoms with Crippen LogP contribution in [0.1, 0.15) is 35.2 Å². The van der Waals surface area contributed by atoms with Gasteiger partial charge in [0.05, 0.1) is 0 Å². The number of thiophene rings is 1. The molecular weight excluding hydrogens is 306 g/mol. The first-order chi connectivity index (χ1) is 8.70. The summed E-state index contributed by atoms with van der Waals surface area (Å²) >= 11 is 5.50. The normalized spacial score (nSPS) is 12.6. The van der Waals surface area contributed by atoms with Crippen LogP contribution >= 0.6 is 27.3 Å². The summed E-state index contributed by atoms with van der Waals surface area (Å²) in [6.45, 7) is 5.34. The molecule has 1 atom stereocenters. The Morgan fingerprint density at radius 2 is 1.89 bits per heavy atom. The van der Waals surface area contributed by atoms with E-state index in [9.17, 15) is 0 Å². The van der Waals surface area contributed by atoms with Crippen molar-refractivity contribution in [3.05, 3.63) is 56.2 Å². The first-order valence-electron chi connectivity index (χ1n) is 6.26. The minimum atomic E-state index is 0.354. The van der Waals surface area contributed by atoms with Crippen molar-refractivity contribution in [3.8, 4) is 0 Å². The predicted octanol–water partition coefficient (Wildman–Crippen LogP) is 4.92. The topological polar surface area (TPSA) is 12.0 Å².